The number of aromatic nitrogens is 1. The van der Waals surface area contributed by atoms with Crippen molar-refractivity contribution >= 4 is 11.7 Å². The van der Waals surface area contributed by atoms with Gasteiger partial charge in [0.25, 0.3) is 0 Å². The number of nitrogens with zero attached hydrogens (tertiary/aromatic N) is 4. The third kappa shape index (κ3) is 1.35. The Morgan fingerprint density at radius 2 is 1.92 bits per heavy atom. The van der Waals surface area contributed by atoms with E-state index in [1.807, 2.05) is 0 Å². The fraction of sp³-hybridized carbons (Fsp3) is 0.500. The first-order valence-electron chi connectivity index (χ1n) is 8.42. The van der Waals surface area contributed by atoms with E-state index in [-0.39, 0.29) is 17.7 Å². The van der Waals surface area contributed by atoms with E-state index in [0.717, 1.165) is 18.4 Å². The molecule has 1 aliphatic carbocycles. The van der Waals surface area contributed by atoms with E-state index in [4.69, 9.17) is 14.9 Å². The van der Waals surface area contributed by atoms with Gasteiger partial charge in [0.15, 0.2) is 10.8 Å². The largest absolute Gasteiger partial charge is 0.447 e. The molecule has 5 atom stereocenters. The Kier molecular flexibility index (Phi) is 2.59. The zero-order valence-electron chi connectivity index (χ0n) is 13.4. The number of pyridine rings is 1. The van der Waals surface area contributed by atoms with Crippen molar-refractivity contribution < 1.29 is 9.47 Å². The van der Waals surface area contributed by atoms with Gasteiger partial charge >= 0.3 is 0 Å². The van der Waals surface area contributed by atoms with Crippen molar-refractivity contribution in [3.05, 3.63) is 30.1 Å². The average molecular weight is 333 g/mol. The molecule has 124 valence electrons. The first-order valence-corrected chi connectivity index (χ1v) is 8.42. The molecule has 0 amide bonds. The highest BCUT2D eigenvalue weighted by Crippen LogP contribution is 2.72. The number of amidine groups is 1. The molecule has 1 aromatic rings. The third-order valence-electron chi connectivity index (χ3n) is 6.21. The van der Waals surface area contributed by atoms with E-state index in [1.165, 1.54) is 0 Å². The molecule has 5 heterocycles. The highest BCUT2D eigenvalue weighted by atomic mass is 16.7. The zero-order chi connectivity index (χ0) is 17.3. The van der Waals surface area contributed by atoms with Gasteiger partial charge in [0.2, 0.25) is 11.7 Å². The fourth-order valence-electron chi connectivity index (χ4n) is 5.16. The van der Waals surface area contributed by atoms with Crippen LogP contribution in [0.1, 0.15) is 37.4 Å². The van der Waals surface area contributed by atoms with Gasteiger partial charge in [-0.15, -0.1) is 0 Å². The fourth-order valence-corrected chi connectivity index (χ4v) is 5.16. The second kappa shape index (κ2) is 4.44. The molecule has 4 bridgehead atoms. The lowest BCUT2D eigenvalue weighted by Gasteiger charge is -2.63. The van der Waals surface area contributed by atoms with Crippen molar-refractivity contribution in [2.75, 3.05) is 0 Å². The molecule has 1 spiro atoms. The van der Waals surface area contributed by atoms with Crippen molar-refractivity contribution in [1.29, 1.82) is 15.9 Å². The molecule has 6 rings (SSSR count). The molecule has 0 radical (unpaired) electrons. The van der Waals surface area contributed by atoms with Crippen LogP contribution in [0, 0.1) is 44.8 Å². The van der Waals surface area contributed by atoms with E-state index in [2.05, 4.69) is 22.1 Å². The quantitative estimate of drug-likeness (QED) is 0.847. The lowest BCUT2D eigenvalue weighted by atomic mass is 9.48. The summed E-state index contributed by atoms with van der Waals surface area (Å²) in [4.78, 5) is 8.28. The van der Waals surface area contributed by atoms with E-state index >= 15 is 0 Å². The van der Waals surface area contributed by atoms with Crippen LogP contribution in [-0.4, -0.2) is 22.5 Å². The van der Waals surface area contributed by atoms with E-state index in [9.17, 15) is 10.5 Å². The SMILES string of the molecule is N#C[C@@]12C3=NC(=N)[C@@]1(C#N)[C@H]1CCCC[C@@]1(O3)O[C@H]2c1ccncc1. The number of nitrogens with one attached hydrogen (secondary N) is 1. The summed E-state index contributed by atoms with van der Waals surface area (Å²) in [7, 11) is 0. The van der Waals surface area contributed by atoms with E-state index in [0.29, 0.717) is 12.8 Å². The molecule has 5 aliphatic rings. The number of aliphatic imine (C=N–C) groups is 1. The molecule has 25 heavy (non-hydrogen) atoms. The topological polar surface area (TPSA) is 115 Å². The molecule has 7 heteroatoms. The van der Waals surface area contributed by atoms with Crippen LogP contribution in [0.3, 0.4) is 0 Å². The van der Waals surface area contributed by atoms with Crippen molar-refractivity contribution in [3.63, 3.8) is 0 Å². The zero-order valence-corrected chi connectivity index (χ0v) is 13.4. The van der Waals surface area contributed by atoms with Crippen LogP contribution < -0.4 is 0 Å². The Morgan fingerprint density at radius 3 is 2.64 bits per heavy atom. The maximum absolute atomic E-state index is 10.2. The van der Waals surface area contributed by atoms with Crippen LogP contribution in [0.4, 0.5) is 0 Å². The monoisotopic (exact) mass is 333 g/mol. The van der Waals surface area contributed by atoms with E-state index < -0.39 is 22.7 Å². The number of fused-ring (bicyclic) bond motifs is 1. The maximum Gasteiger partial charge on any atom is 0.218 e. The van der Waals surface area contributed by atoms with Crippen LogP contribution in [0.2, 0.25) is 0 Å². The Balaban J connectivity index is 1.82. The average Bonchev–Trinajstić information content (AvgIpc) is 2.85. The number of nitriles is 2. The minimum atomic E-state index is -1.43. The molecular weight excluding hydrogens is 318 g/mol. The summed E-state index contributed by atoms with van der Waals surface area (Å²) < 4.78 is 12.5. The van der Waals surface area contributed by atoms with Gasteiger partial charge in [-0.3, -0.25) is 10.4 Å². The van der Waals surface area contributed by atoms with Crippen molar-refractivity contribution in [3.8, 4) is 12.1 Å². The van der Waals surface area contributed by atoms with Crippen LogP contribution >= 0.6 is 0 Å². The minimum absolute atomic E-state index is 0.0670. The van der Waals surface area contributed by atoms with Gasteiger partial charge in [0.1, 0.15) is 11.9 Å². The summed E-state index contributed by atoms with van der Waals surface area (Å²) >= 11 is 0. The van der Waals surface area contributed by atoms with Crippen LogP contribution in [-0.2, 0) is 9.47 Å². The number of rotatable bonds is 1. The first-order chi connectivity index (χ1) is 12.1. The molecule has 7 nitrogen and oxygen atoms in total. The van der Waals surface area contributed by atoms with Gasteiger partial charge in [0.05, 0.1) is 18.1 Å². The lowest BCUT2D eigenvalue weighted by molar-refractivity contribution is -0.355. The molecule has 4 fully saturated rings. The highest BCUT2D eigenvalue weighted by Gasteiger charge is 2.83. The summed E-state index contributed by atoms with van der Waals surface area (Å²) in [5.74, 6) is -1.24. The number of hydrogen-bond acceptors (Lipinski definition) is 6. The minimum Gasteiger partial charge on any atom is -0.447 e. The van der Waals surface area contributed by atoms with Gasteiger partial charge in [-0.25, -0.2) is 0 Å². The smallest absolute Gasteiger partial charge is 0.218 e. The molecular formula is C18H15N5O2. The van der Waals surface area contributed by atoms with Crippen molar-refractivity contribution in [2.24, 2.45) is 21.7 Å². The molecule has 1 aromatic heterocycles. The van der Waals surface area contributed by atoms with Gasteiger partial charge in [-0.2, -0.15) is 15.5 Å². The van der Waals surface area contributed by atoms with Gasteiger partial charge < -0.3 is 9.47 Å². The summed E-state index contributed by atoms with van der Waals surface area (Å²) in [5, 5.41) is 28.9. The molecule has 1 saturated carbocycles. The molecule has 3 saturated heterocycles. The van der Waals surface area contributed by atoms with Crippen LogP contribution in [0.15, 0.2) is 29.5 Å². The highest BCUT2D eigenvalue weighted by molar-refractivity contribution is 6.12. The molecule has 0 unspecified atom stereocenters. The molecule has 4 aliphatic heterocycles. The predicted octanol–water partition coefficient (Wildman–Crippen LogP) is 2.48. The second-order valence-electron chi connectivity index (χ2n) is 7.10. The lowest BCUT2D eigenvalue weighted by Crippen LogP contribution is -2.72. The Hall–Kier alpha value is -2.77. The summed E-state index contributed by atoms with van der Waals surface area (Å²) in [6.45, 7) is 0. The van der Waals surface area contributed by atoms with Crippen LogP contribution in [0.25, 0.3) is 0 Å². The summed E-state index contributed by atoms with van der Waals surface area (Å²) in [5.41, 5.74) is -2.00. The third-order valence-corrected chi connectivity index (χ3v) is 6.21. The van der Waals surface area contributed by atoms with Gasteiger partial charge in [-0.05, 0) is 30.5 Å². The second-order valence-corrected chi connectivity index (χ2v) is 7.10. The standard InChI is InChI=1S/C18H15N5O2/c19-9-16-12-3-1-2-6-18(12)24-13(11-4-7-22-8-5-11)17(16,10-20)15(25-18)23-14(16)21/h4-5,7-8,12-13,21H,1-3,6H2/t12-,13+,16-,17-,18+/m1/s1. The maximum atomic E-state index is 10.2. The first kappa shape index (κ1) is 14.6. The van der Waals surface area contributed by atoms with E-state index in [1.54, 1.807) is 24.5 Å². The number of hydrogen-bond donors (Lipinski definition) is 1. The van der Waals surface area contributed by atoms with Crippen LogP contribution in [0.5, 0.6) is 0 Å². The Labute approximate surface area is 144 Å². The summed E-state index contributed by atoms with van der Waals surface area (Å²) in [6, 6.07) is 8.21. The Morgan fingerprint density at radius 1 is 1.16 bits per heavy atom. The van der Waals surface area contributed by atoms with Crippen molar-refractivity contribution in [1.82, 2.24) is 4.98 Å². The summed E-state index contributed by atoms with van der Waals surface area (Å²) in [6.07, 6.45) is 5.73. The van der Waals surface area contributed by atoms with Gasteiger partial charge in [0, 0.05) is 18.8 Å². The Bertz CT molecular complexity index is 900. The van der Waals surface area contributed by atoms with Crippen molar-refractivity contribution in [2.45, 2.75) is 37.6 Å². The normalized spacial score (nSPS) is 43.4. The van der Waals surface area contributed by atoms with Gasteiger partial charge in [-0.1, -0.05) is 6.42 Å². The molecule has 1 N–H and O–H groups in total. The predicted molar refractivity (Wildman–Crippen MR) is 85.1 cm³/mol. The number of ether oxygens (including phenoxy) is 2. The molecule has 0 aromatic carbocycles.